The molecule has 0 spiro atoms. The van der Waals surface area contributed by atoms with Crippen LogP contribution in [0, 0.1) is 11.8 Å². The van der Waals surface area contributed by atoms with Gasteiger partial charge in [0.1, 0.15) is 5.01 Å². The second kappa shape index (κ2) is 6.04. The van der Waals surface area contributed by atoms with E-state index in [1.165, 1.54) is 0 Å². The summed E-state index contributed by atoms with van der Waals surface area (Å²) in [5.74, 6) is -0.0828. The van der Waals surface area contributed by atoms with Crippen molar-refractivity contribution < 1.29 is 14.3 Å². The van der Waals surface area contributed by atoms with Crippen LogP contribution >= 0.6 is 11.3 Å². The van der Waals surface area contributed by atoms with Crippen LogP contribution in [0.5, 0.6) is 0 Å². The van der Waals surface area contributed by atoms with Gasteiger partial charge in [0, 0.05) is 7.05 Å². The average Bonchev–Trinajstić information content (AvgIpc) is 3.09. The van der Waals surface area contributed by atoms with Crippen molar-refractivity contribution in [2.45, 2.75) is 19.9 Å². The third-order valence-corrected chi connectivity index (χ3v) is 4.91. The second-order valence-corrected chi connectivity index (χ2v) is 6.87. The van der Waals surface area contributed by atoms with E-state index >= 15 is 0 Å². The summed E-state index contributed by atoms with van der Waals surface area (Å²) < 4.78 is 6.17. The van der Waals surface area contributed by atoms with E-state index in [1.54, 1.807) is 23.3 Å². The lowest BCUT2D eigenvalue weighted by Gasteiger charge is -2.15. The molecule has 0 N–H and O–H groups in total. The van der Waals surface area contributed by atoms with E-state index in [2.05, 4.69) is 4.98 Å². The summed E-state index contributed by atoms with van der Waals surface area (Å²) in [4.78, 5) is 29.7. The van der Waals surface area contributed by atoms with Crippen LogP contribution in [0.1, 0.15) is 18.4 Å². The highest BCUT2D eigenvalue weighted by Crippen LogP contribution is 2.38. The number of carbonyl (C=O) groups is 2. The van der Waals surface area contributed by atoms with Gasteiger partial charge >= 0.3 is 5.97 Å². The Kier molecular flexibility index (Phi) is 4.11. The molecule has 22 heavy (non-hydrogen) atoms. The van der Waals surface area contributed by atoms with Crippen molar-refractivity contribution in [2.24, 2.45) is 11.8 Å². The first-order valence-electron chi connectivity index (χ1n) is 7.29. The molecule has 1 saturated carbocycles. The summed E-state index contributed by atoms with van der Waals surface area (Å²) in [5.41, 5.74) is 0.942. The van der Waals surface area contributed by atoms with Gasteiger partial charge in [0.15, 0.2) is 6.61 Å². The number of fused-ring (bicyclic) bond motifs is 1. The maximum absolute atomic E-state index is 12.0. The molecule has 1 amide bonds. The number of hydrogen-bond acceptors (Lipinski definition) is 5. The number of aromatic nitrogens is 1. The zero-order valence-electron chi connectivity index (χ0n) is 12.6. The van der Waals surface area contributed by atoms with Crippen LogP contribution in [0.2, 0.25) is 0 Å². The molecule has 6 heteroatoms. The first-order valence-corrected chi connectivity index (χ1v) is 8.11. The minimum atomic E-state index is -0.255. The molecule has 0 unspecified atom stereocenters. The summed E-state index contributed by atoms with van der Waals surface area (Å²) in [6, 6.07) is 7.88. The van der Waals surface area contributed by atoms with E-state index in [0.717, 1.165) is 21.6 Å². The molecule has 3 rings (SSSR count). The molecule has 1 aliphatic carbocycles. The quantitative estimate of drug-likeness (QED) is 0.795. The minimum absolute atomic E-state index is 0.0117. The smallest absolute Gasteiger partial charge is 0.309 e. The van der Waals surface area contributed by atoms with Crippen LogP contribution in [0.25, 0.3) is 10.2 Å². The molecule has 1 heterocycles. The molecule has 1 fully saturated rings. The Balaban J connectivity index is 1.53. The van der Waals surface area contributed by atoms with E-state index in [1.807, 2.05) is 31.2 Å². The molecule has 2 atom stereocenters. The molecule has 1 aliphatic rings. The molecule has 1 aromatic carbocycles. The monoisotopic (exact) mass is 318 g/mol. The minimum Gasteiger partial charge on any atom is -0.455 e. The molecule has 0 radical (unpaired) electrons. The summed E-state index contributed by atoms with van der Waals surface area (Å²) in [5, 5.41) is 0.874. The molecule has 116 valence electrons. The highest BCUT2D eigenvalue weighted by molar-refractivity contribution is 7.18. The molecule has 0 bridgehead atoms. The molecular weight excluding hydrogens is 300 g/mol. The SMILES string of the molecule is C[C@H]1C[C@H]1C(=O)OCC(=O)N(C)Cc1nc2ccccc2s1. The van der Waals surface area contributed by atoms with E-state index in [9.17, 15) is 9.59 Å². The van der Waals surface area contributed by atoms with Gasteiger partial charge in [0.25, 0.3) is 5.91 Å². The first-order chi connectivity index (χ1) is 10.5. The number of benzene rings is 1. The van der Waals surface area contributed by atoms with Gasteiger partial charge in [-0.2, -0.15) is 0 Å². The van der Waals surface area contributed by atoms with Gasteiger partial charge in [-0.3, -0.25) is 9.59 Å². The number of likely N-dealkylation sites (N-methyl/N-ethyl adjacent to an activating group) is 1. The lowest BCUT2D eigenvalue weighted by molar-refractivity contribution is -0.153. The van der Waals surface area contributed by atoms with Crippen LogP contribution < -0.4 is 0 Å². The van der Waals surface area contributed by atoms with Gasteiger partial charge in [0.2, 0.25) is 0 Å². The van der Waals surface area contributed by atoms with Crippen molar-refractivity contribution in [3.63, 3.8) is 0 Å². The Labute approximate surface area is 132 Å². The average molecular weight is 318 g/mol. The van der Waals surface area contributed by atoms with Crippen molar-refractivity contribution in [2.75, 3.05) is 13.7 Å². The van der Waals surface area contributed by atoms with Crippen molar-refractivity contribution >= 4 is 33.4 Å². The van der Waals surface area contributed by atoms with E-state index in [0.29, 0.717) is 12.5 Å². The second-order valence-electron chi connectivity index (χ2n) is 5.75. The summed E-state index contributed by atoms with van der Waals surface area (Å²) in [6.07, 6.45) is 0.870. The Morgan fingerprint density at radius 1 is 1.41 bits per heavy atom. The normalized spacial score (nSPS) is 19.9. The lowest BCUT2D eigenvalue weighted by Crippen LogP contribution is -2.31. The van der Waals surface area contributed by atoms with E-state index in [4.69, 9.17) is 4.74 Å². The van der Waals surface area contributed by atoms with Gasteiger partial charge in [-0.25, -0.2) is 4.98 Å². The molecule has 0 saturated heterocycles. The van der Waals surface area contributed by atoms with Gasteiger partial charge < -0.3 is 9.64 Å². The number of esters is 1. The van der Waals surface area contributed by atoms with Crippen molar-refractivity contribution in [1.29, 1.82) is 0 Å². The van der Waals surface area contributed by atoms with Crippen molar-refractivity contribution in [1.82, 2.24) is 9.88 Å². The summed E-state index contributed by atoms with van der Waals surface area (Å²) in [6.45, 7) is 2.24. The van der Waals surface area contributed by atoms with Crippen LogP contribution in [0.4, 0.5) is 0 Å². The fraction of sp³-hybridized carbons (Fsp3) is 0.438. The maximum atomic E-state index is 12.0. The number of ether oxygens (including phenoxy) is 1. The van der Waals surface area contributed by atoms with Crippen LogP contribution in [0.3, 0.4) is 0 Å². The zero-order chi connectivity index (χ0) is 15.7. The highest BCUT2D eigenvalue weighted by atomic mass is 32.1. The Hall–Kier alpha value is -1.95. The fourth-order valence-electron chi connectivity index (χ4n) is 2.28. The largest absolute Gasteiger partial charge is 0.455 e. The van der Waals surface area contributed by atoms with Crippen LogP contribution in [0.15, 0.2) is 24.3 Å². The zero-order valence-corrected chi connectivity index (χ0v) is 13.4. The van der Waals surface area contributed by atoms with Crippen molar-refractivity contribution in [3.05, 3.63) is 29.3 Å². The van der Waals surface area contributed by atoms with Crippen LogP contribution in [-0.2, 0) is 20.9 Å². The summed E-state index contributed by atoms with van der Waals surface area (Å²) in [7, 11) is 1.70. The number of rotatable bonds is 5. The predicted molar refractivity (Wildman–Crippen MR) is 84.3 cm³/mol. The Morgan fingerprint density at radius 3 is 2.82 bits per heavy atom. The number of amides is 1. The maximum Gasteiger partial charge on any atom is 0.309 e. The van der Waals surface area contributed by atoms with Gasteiger partial charge in [-0.15, -0.1) is 11.3 Å². The number of hydrogen-bond donors (Lipinski definition) is 0. The molecule has 5 nitrogen and oxygen atoms in total. The standard InChI is InChI=1S/C16H18N2O3S/c1-10-7-11(10)16(20)21-9-15(19)18(2)8-14-17-12-5-3-4-6-13(12)22-14/h3-6,10-11H,7-9H2,1-2H3/t10-,11+/m0/s1. The fourth-order valence-corrected chi connectivity index (χ4v) is 3.30. The van der Waals surface area contributed by atoms with E-state index in [-0.39, 0.29) is 24.4 Å². The van der Waals surface area contributed by atoms with Crippen LogP contribution in [-0.4, -0.2) is 35.4 Å². The number of para-hydroxylation sites is 1. The lowest BCUT2D eigenvalue weighted by atomic mass is 10.3. The number of nitrogens with zero attached hydrogens (tertiary/aromatic N) is 2. The van der Waals surface area contributed by atoms with Gasteiger partial charge in [-0.05, 0) is 24.5 Å². The number of thiazole rings is 1. The summed E-state index contributed by atoms with van der Waals surface area (Å²) >= 11 is 1.57. The predicted octanol–water partition coefficient (Wildman–Crippen LogP) is 2.45. The topological polar surface area (TPSA) is 59.5 Å². The Bertz CT molecular complexity index is 679. The van der Waals surface area contributed by atoms with Gasteiger partial charge in [-0.1, -0.05) is 19.1 Å². The third kappa shape index (κ3) is 3.27. The third-order valence-electron chi connectivity index (χ3n) is 3.89. The first kappa shape index (κ1) is 15.0. The Morgan fingerprint density at radius 2 is 2.14 bits per heavy atom. The molecule has 0 aliphatic heterocycles. The highest BCUT2D eigenvalue weighted by Gasteiger charge is 2.40. The van der Waals surface area contributed by atoms with E-state index < -0.39 is 0 Å². The van der Waals surface area contributed by atoms with Gasteiger partial charge in [0.05, 0.1) is 22.7 Å². The molecular formula is C16H18N2O3S. The molecule has 1 aromatic heterocycles. The number of carbonyl (C=O) groups excluding carboxylic acids is 2. The van der Waals surface area contributed by atoms with Crippen molar-refractivity contribution in [3.8, 4) is 0 Å². The molecule has 2 aromatic rings.